The number of pyridine rings is 1. The Morgan fingerprint density at radius 2 is 2.00 bits per heavy atom. The Bertz CT molecular complexity index is 567. The maximum absolute atomic E-state index is 11.6. The van der Waals surface area contributed by atoms with Crippen molar-refractivity contribution in [2.24, 2.45) is 0 Å². The van der Waals surface area contributed by atoms with Gasteiger partial charge in [0.25, 0.3) is 5.91 Å². The molecule has 110 valence electrons. The van der Waals surface area contributed by atoms with E-state index in [4.69, 9.17) is 4.42 Å². The van der Waals surface area contributed by atoms with Crippen molar-refractivity contribution >= 4 is 11.8 Å². The fraction of sp³-hybridized carbons (Fsp3) is 0.267. The third kappa shape index (κ3) is 5.10. The van der Waals surface area contributed by atoms with E-state index in [1.165, 1.54) is 6.26 Å². The molecule has 0 fully saturated rings. The van der Waals surface area contributed by atoms with E-state index in [9.17, 15) is 9.59 Å². The van der Waals surface area contributed by atoms with Crippen LogP contribution in [0.25, 0.3) is 0 Å². The van der Waals surface area contributed by atoms with Crippen molar-refractivity contribution in [3.63, 3.8) is 0 Å². The Balaban J connectivity index is 1.58. The first-order valence-corrected chi connectivity index (χ1v) is 6.73. The maximum atomic E-state index is 11.6. The van der Waals surface area contributed by atoms with Gasteiger partial charge in [-0.15, -0.1) is 0 Å². The summed E-state index contributed by atoms with van der Waals surface area (Å²) in [5.74, 6) is -0.0754. The standard InChI is InChI=1S/C15H17N3O3/c19-14(6-5-12-3-1-7-16-11-12)17-8-9-18-15(20)13-4-2-10-21-13/h1-4,7,10-11H,5-6,8-9H2,(H,17,19)(H,18,20). The van der Waals surface area contributed by atoms with Gasteiger partial charge in [0.2, 0.25) is 5.91 Å². The number of nitrogens with one attached hydrogen (secondary N) is 2. The molecule has 0 spiro atoms. The summed E-state index contributed by atoms with van der Waals surface area (Å²) in [5.41, 5.74) is 1.03. The van der Waals surface area contributed by atoms with E-state index < -0.39 is 0 Å². The number of rotatable bonds is 7. The van der Waals surface area contributed by atoms with Gasteiger partial charge in [-0.1, -0.05) is 6.07 Å². The van der Waals surface area contributed by atoms with E-state index in [0.29, 0.717) is 25.9 Å². The molecule has 0 saturated carbocycles. The first-order chi connectivity index (χ1) is 10.3. The van der Waals surface area contributed by atoms with Crippen LogP contribution >= 0.6 is 0 Å². The molecule has 21 heavy (non-hydrogen) atoms. The van der Waals surface area contributed by atoms with Gasteiger partial charge in [0.1, 0.15) is 0 Å². The summed E-state index contributed by atoms with van der Waals surface area (Å²) in [6.07, 6.45) is 5.94. The molecule has 0 atom stereocenters. The number of amides is 2. The molecule has 0 saturated heterocycles. The number of carbonyl (C=O) groups excluding carboxylic acids is 2. The average Bonchev–Trinajstić information content (AvgIpc) is 3.05. The first kappa shape index (κ1) is 14.8. The fourth-order valence-corrected chi connectivity index (χ4v) is 1.77. The molecule has 0 aliphatic heterocycles. The summed E-state index contributed by atoms with van der Waals surface area (Å²) >= 11 is 0. The van der Waals surface area contributed by atoms with Gasteiger partial charge in [-0.3, -0.25) is 14.6 Å². The number of furan rings is 1. The minimum atomic E-state index is -0.287. The Hall–Kier alpha value is -2.63. The van der Waals surface area contributed by atoms with E-state index in [0.717, 1.165) is 5.56 Å². The number of carbonyl (C=O) groups is 2. The van der Waals surface area contributed by atoms with Gasteiger partial charge in [-0.05, 0) is 30.2 Å². The summed E-state index contributed by atoms with van der Waals surface area (Å²) in [4.78, 5) is 27.2. The maximum Gasteiger partial charge on any atom is 0.287 e. The van der Waals surface area contributed by atoms with Gasteiger partial charge < -0.3 is 15.1 Å². The predicted molar refractivity (Wildman–Crippen MR) is 76.6 cm³/mol. The fourth-order valence-electron chi connectivity index (χ4n) is 1.77. The molecule has 6 nitrogen and oxygen atoms in total. The van der Waals surface area contributed by atoms with Crippen molar-refractivity contribution in [1.29, 1.82) is 0 Å². The lowest BCUT2D eigenvalue weighted by molar-refractivity contribution is -0.121. The Kier molecular flexibility index (Phi) is 5.51. The molecule has 6 heteroatoms. The van der Waals surface area contributed by atoms with Gasteiger partial charge in [0.15, 0.2) is 5.76 Å². The Labute approximate surface area is 122 Å². The van der Waals surface area contributed by atoms with E-state index in [2.05, 4.69) is 15.6 Å². The van der Waals surface area contributed by atoms with Gasteiger partial charge in [-0.25, -0.2) is 0 Å². The van der Waals surface area contributed by atoms with Crippen LogP contribution in [0, 0.1) is 0 Å². The van der Waals surface area contributed by atoms with Crippen LogP contribution in [0.4, 0.5) is 0 Å². The lowest BCUT2D eigenvalue weighted by Gasteiger charge is -2.06. The van der Waals surface area contributed by atoms with E-state index in [1.54, 1.807) is 24.5 Å². The summed E-state index contributed by atoms with van der Waals surface area (Å²) in [6, 6.07) is 7.01. The highest BCUT2D eigenvalue weighted by Crippen LogP contribution is 2.00. The minimum Gasteiger partial charge on any atom is -0.459 e. The van der Waals surface area contributed by atoms with Crippen LogP contribution in [0.5, 0.6) is 0 Å². The number of hydrogen-bond donors (Lipinski definition) is 2. The van der Waals surface area contributed by atoms with Crippen LogP contribution in [0.1, 0.15) is 22.5 Å². The molecule has 2 heterocycles. The molecule has 2 N–H and O–H groups in total. The zero-order chi connectivity index (χ0) is 14.9. The summed E-state index contributed by atoms with van der Waals surface area (Å²) in [6.45, 7) is 0.747. The van der Waals surface area contributed by atoms with Crippen molar-refractivity contribution in [2.45, 2.75) is 12.8 Å². The number of hydrogen-bond acceptors (Lipinski definition) is 4. The van der Waals surface area contributed by atoms with Crippen LogP contribution in [0.15, 0.2) is 47.3 Å². The Morgan fingerprint density at radius 1 is 1.14 bits per heavy atom. The van der Waals surface area contributed by atoms with Crippen LogP contribution in [-0.2, 0) is 11.2 Å². The van der Waals surface area contributed by atoms with Crippen LogP contribution in [0.3, 0.4) is 0 Å². The first-order valence-electron chi connectivity index (χ1n) is 6.73. The second kappa shape index (κ2) is 7.84. The van der Waals surface area contributed by atoms with Crippen LogP contribution < -0.4 is 10.6 Å². The van der Waals surface area contributed by atoms with Crippen molar-refractivity contribution in [2.75, 3.05) is 13.1 Å². The van der Waals surface area contributed by atoms with Gasteiger partial charge >= 0.3 is 0 Å². The van der Waals surface area contributed by atoms with E-state index in [1.807, 2.05) is 12.1 Å². The molecule has 0 radical (unpaired) electrons. The molecule has 0 aromatic carbocycles. The lowest BCUT2D eigenvalue weighted by atomic mass is 10.1. The molecule has 2 amide bonds. The van der Waals surface area contributed by atoms with E-state index >= 15 is 0 Å². The molecule has 0 aliphatic rings. The Morgan fingerprint density at radius 3 is 2.71 bits per heavy atom. The van der Waals surface area contributed by atoms with Crippen molar-refractivity contribution in [3.05, 3.63) is 54.2 Å². The molecule has 2 rings (SSSR count). The number of aryl methyl sites for hydroxylation is 1. The molecule has 0 aliphatic carbocycles. The molecular formula is C15H17N3O3. The normalized spacial score (nSPS) is 10.1. The van der Waals surface area contributed by atoms with Crippen molar-refractivity contribution in [3.8, 4) is 0 Å². The number of aromatic nitrogens is 1. The second-order valence-corrected chi connectivity index (χ2v) is 4.44. The highest BCUT2D eigenvalue weighted by molar-refractivity contribution is 5.91. The third-order valence-corrected chi connectivity index (χ3v) is 2.84. The summed E-state index contributed by atoms with van der Waals surface area (Å²) < 4.78 is 4.96. The molecule has 0 bridgehead atoms. The van der Waals surface area contributed by atoms with E-state index in [-0.39, 0.29) is 17.6 Å². The third-order valence-electron chi connectivity index (χ3n) is 2.84. The molecule has 2 aromatic rings. The van der Waals surface area contributed by atoms with Gasteiger partial charge in [0.05, 0.1) is 6.26 Å². The second-order valence-electron chi connectivity index (χ2n) is 4.44. The minimum absolute atomic E-state index is 0.0499. The van der Waals surface area contributed by atoms with Crippen molar-refractivity contribution < 1.29 is 14.0 Å². The molecule has 0 unspecified atom stereocenters. The molecular weight excluding hydrogens is 270 g/mol. The van der Waals surface area contributed by atoms with Crippen molar-refractivity contribution in [1.82, 2.24) is 15.6 Å². The largest absolute Gasteiger partial charge is 0.459 e. The summed E-state index contributed by atoms with van der Waals surface area (Å²) in [7, 11) is 0. The zero-order valence-electron chi connectivity index (χ0n) is 11.5. The topological polar surface area (TPSA) is 84.2 Å². The SMILES string of the molecule is O=C(CCc1cccnc1)NCCNC(=O)c1ccco1. The predicted octanol–water partition coefficient (Wildman–Crippen LogP) is 1.15. The summed E-state index contributed by atoms with van der Waals surface area (Å²) in [5, 5.41) is 5.41. The quantitative estimate of drug-likeness (QED) is 0.748. The molecule has 2 aromatic heterocycles. The monoisotopic (exact) mass is 287 g/mol. The highest BCUT2D eigenvalue weighted by atomic mass is 16.3. The zero-order valence-corrected chi connectivity index (χ0v) is 11.5. The van der Waals surface area contributed by atoms with Gasteiger partial charge in [0, 0.05) is 31.9 Å². The van der Waals surface area contributed by atoms with Crippen LogP contribution in [-0.4, -0.2) is 29.9 Å². The number of nitrogens with zero attached hydrogens (tertiary/aromatic N) is 1. The smallest absolute Gasteiger partial charge is 0.287 e. The average molecular weight is 287 g/mol. The van der Waals surface area contributed by atoms with Crippen LogP contribution in [0.2, 0.25) is 0 Å². The van der Waals surface area contributed by atoms with Gasteiger partial charge in [-0.2, -0.15) is 0 Å². The highest BCUT2D eigenvalue weighted by Gasteiger charge is 2.07. The lowest BCUT2D eigenvalue weighted by Crippen LogP contribution is -2.34.